The van der Waals surface area contributed by atoms with Crippen LogP contribution in [0, 0.1) is 5.92 Å². The van der Waals surface area contributed by atoms with Crippen LogP contribution in [-0.4, -0.2) is 38.2 Å². The number of aliphatic carboxylic acids is 1. The highest BCUT2D eigenvalue weighted by Crippen LogP contribution is 2.29. The fourth-order valence-corrected chi connectivity index (χ4v) is 1.61. The van der Waals surface area contributed by atoms with E-state index in [1.165, 1.54) is 27.4 Å². The van der Waals surface area contributed by atoms with Crippen LogP contribution in [0.3, 0.4) is 0 Å². The lowest BCUT2D eigenvalue weighted by Crippen LogP contribution is -2.25. The number of rotatable bonds is 5. The van der Waals surface area contributed by atoms with Crippen molar-refractivity contribution in [1.29, 1.82) is 0 Å². The van der Waals surface area contributed by atoms with Gasteiger partial charge in [-0.2, -0.15) is 0 Å². The first kappa shape index (κ1) is 13.1. The lowest BCUT2D eigenvalue weighted by molar-refractivity contribution is -0.140. The molecule has 0 aromatic rings. The van der Waals surface area contributed by atoms with E-state index < -0.39 is 17.7 Å². The zero-order valence-corrected chi connectivity index (χ0v) is 9.85. The van der Waals surface area contributed by atoms with Crippen molar-refractivity contribution in [2.75, 3.05) is 21.3 Å². The van der Waals surface area contributed by atoms with E-state index >= 15 is 0 Å². The summed E-state index contributed by atoms with van der Waals surface area (Å²) in [5.41, 5.74) is 0. The lowest BCUT2D eigenvalue weighted by atomic mass is 9.93. The van der Waals surface area contributed by atoms with Gasteiger partial charge in [0.1, 0.15) is 0 Å². The van der Waals surface area contributed by atoms with Crippen molar-refractivity contribution in [3.05, 3.63) is 23.4 Å². The summed E-state index contributed by atoms with van der Waals surface area (Å²) < 4.78 is 15.0. The zero-order chi connectivity index (χ0) is 13.0. The van der Waals surface area contributed by atoms with Gasteiger partial charge in [-0.15, -0.1) is 0 Å². The van der Waals surface area contributed by atoms with Gasteiger partial charge in [0, 0.05) is 0 Å². The highest BCUT2D eigenvalue weighted by Gasteiger charge is 2.34. The second-order valence-electron chi connectivity index (χ2n) is 3.37. The van der Waals surface area contributed by atoms with Crippen LogP contribution in [0.1, 0.15) is 6.42 Å². The Morgan fingerprint density at radius 1 is 1.24 bits per heavy atom. The van der Waals surface area contributed by atoms with Crippen LogP contribution in [0.2, 0.25) is 0 Å². The van der Waals surface area contributed by atoms with Gasteiger partial charge in [-0.25, -0.2) is 0 Å². The van der Waals surface area contributed by atoms with E-state index in [0.717, 1.165) is 0 Å². The molecular weight excluding hydrogens is 228 g/mol. The first-order chi connectivity index (χ1) is 8.04. The third-order valence-electron chi connectivity index (χ3n) is 2.37. The molecule has 6 nitrogen and oxygen atoms in total. The van der Waals surface area contributed by atoms with Crippen LogP contribution in [0.25, 0.3) is 0 Å². The molecule has 0 aromatic carbocycles. The van der Waals surface area contributed by atoms with E-state index in [-0.39, 0.29) is 17.9 Å². The summed E-state index contributed by atoms with van der Waals surface area (Å²) in [7, 11) is 4.11. The van der Waals surface area contributed by atoms with Crippen molar-refractivity contribution in [1.82, 2.24) is 0 Å². The van der Waals surface area contributed by atoms with Crippen molar-refractivity contribution in [2.24, 2.45) is 5.92 Å². The Labute approximate surface area is 98.5 Å². The molecule has 0 aliphatic heterocycles. The maximum Gasteiger partial charge on any atom is 0.304 e. The van der Waals surface area contributed by atoms with Crippen LogP contribution < -0.4 is 0 Å². The number of carbonyl (C=O) groups is 2. The SMILES string of the molecule is COC1=CC(CC(=O)O)C(=O)C(OC)=C1OC. The van der Waals surface area contributed by atoms with E-state index in [9.17, 15) is 9.59 Å². The summed E-state index contributed by atoms with van der Waals surface area (Å²) in [6, 6.07) is 0. The molecule has 1 atom stereocenters. The van der Waals surface area contributed by atoms with Crippen LogP contribution in [0.15, 0.2) is 23.4 Å². The molecule has 0 saturated carbocycles. The number of Topliss-reactive ketones (excluding diaryl/α,β-unsaturated/α-hetero) is 1. The first-order valence-electron chi connectivity index (χ1n) is 4.89. The number of methoxy groups -OCH3 is 3. The fourth-order valence-electron chi connectivity index (χ4n) is 1.61. The number of carboxylic acid groups (broad SMARTS) is 1. The largest absolute Gasteiger partial charge is 0.493 e. The standard InChI is InChI=1S/C11H14O6/c1-15-7-4-6(5-8(12)13)9(14)11(17-3)10(7)16-2/h4,6H,5H2,1-3H3,(H,12,13). The number of hydrogen-bond acceptors (Lipinski definition) is 5. The third-order valence-corrected chi connectivity index (χ3v) is 2.37. The van der Waals surface area contributed by atoms with Gasteiger partial charge in [-0.1, -0.05) is 0 Å². The predicted molar refractivity (Wildman–Crippen MR) is 56.9 cm³/mol. The van der Waals surface area contributed by atoms with Gasteiger partial charge in [-0.3, -0.25) is 9.59 Å². The average molecular weight is 242 g/mol. The number of carboxylic acids is 1. The van der Waals surface area contributed by atoms with Crippen LogP contribution >= 0.6 is 0 Å². The van der Waals surface area contributed by atoms with Crippen molar-refractivity contribution in [3.63, 3.8) is 0 Å². The second kappa shape index (κ2) is 5.38. The minimum absolute atomic E-state index is 0.0156. The molecule has 0 radical (unpaired) electrons. The molecule has 94 valence electrons. The van der Waals surface area contributed by atoms with Crippen molar-refractivity contribution < 1.29 is 28.9 Å². The summed E-state index contributed by atoms with van der Waals surface area (Å²) >= 11 is 0. The first-order valence-corrected chi connectivity index (χ1v) is 4.89. The Kier molecular flexibility index (Phi) is 4.14. The molecule has 1 unspecified atom stereocenters. The number of ketones is 1. The summed E-state index contributed by atoms with van der Waals surface area (Å²) in [6.07, 6.45) is 1.12. The van der Waals surface area contributed by atoms with Gasteiger partial charge in [0.25, 0.3) is 0 Å². The Morgan fingerprint density at radius 3 is 2.24 bits per heavy atom. The molecule has 1 aliphatic rings. The van der Waals surface area contributed by atoms with Gasteiger partial charge in [0.2, 0.25) is 17.3 Å². The molecule has 0 bridgehead atoms. The predicted octanol–water partition coefficient (Wildman–Crippen LogP) is 0.695. The van der Waals surface area contributed by atoms with Gasteiger partial charge < -0.3 is 19.3 Å². The quantitative estimate of drug-likeness (QED) is 0.764. The van der Waals surface area contributed by atoms with E-state index in [2.05, 4.69) is 0 Å². The molecule has 0 amide bonds. The van der Waals surface area contributed by atoms with Gasteiger partial charge in [0.05, 0.1) is 33.7 Å². The van der Waals surface area contributed by atoms with Gasteiger partial charge >= 0.3 is 5.97 Å². The maximum absolute atomic E-state index is 11.9. The zero-order valence-electron chi connectivity index (χ0n) is 9.85. The van der Waals surface area contributed by atoms with Crippen molar-refractivity contribution in [2.45, 2.75) is 6.42 Å². The Morgan fingerprint density at radius 2 is 1.82 bits per heavy atom. The van der Waals surface area contributed by atoms with Crippen molar-refractivity contribution in [3.8, 4) is 0 Å². The van der Waals surface area contributed by atoms with Crippen molar-refractivity contribution >= 4 is 11.8 Å². The van der Waals surface area contributed by atoms with E-state index in [1.807, 2.05) is 0 Å². The van der Waals surface area contributed by atoms with Crippen LogP contribution in [0.4, 0.5) is 0 Å². The summed E-state index contributed by atoms with van der Waals surface area (Å²) in [5.74, 6) is -1.81. The number of carbonyl (C=O) groups excluding carboxylic acids is 1. The molecule has 6 heteroatoms. The van der Waals surface area contributed by atoms with E-state index in [4.69, 9.17) is 19.3 Å². The van der Waals surface area contributed by atoms with E-state index in [1.54, 1.807) is 0 Å². The number of hydrogen-bond donors (Lipinski definition) is 1. The third kappa shape index (κ3) is 2.58. The highest BCUT2D eigenvalue weighted by molar-refractivity contribution is 6.00. The van der Waals surface area contributed by atoms with E-state index in [0.29, 0.717) is 5.76 Å². The molecule has 0 saturated heterocycles. The highest BCUT2D eigenvalue weighted by atomic mass is 16.5. The number of allylic oxidation sites excluding steroid dienone is 2. The summed E-state index contributed by atoms with van der Waals surface area (Å²) in [5, 5.41) is 8.71. The van der Waals surface area contributed by atoms with Crippen LogP contribution in [-0.2, 0) is 23.8 Å². The molecule has 0 fully saturated rings. The molecule has 0 aromatic heterocycles. The van der Waals surface area contributed by atoms with Gasteiger partial charge in [0.15, 0.2) is 5.76 Å². The normalized spacial score (nSPS) is 19.8. The number of ether oxygens (including phenoxy) is 3. The summed E-state index contributed by atoms with van der Waals surface area (Å²) in [6.45, 7) is 0. The smallest absolute Gasteiger partial charge is 0.304 e. The Hall–Kier alpha value is -1.98. The monoisotopic (exact) mass is 242 g/mol. The second-order valence-corrected chi connectivity index (χ2v) is 3.37. The molecule has 0 heterocycles. The minimum atomic E-state index is -1.06. The molecule has 17 heavy (non-hydrogen) atoms. The average Bonchev–Trinajstić information content (AvgIpc) is 2.30. The van der Waals surface area contributed by atoms with Gasteiger partial charge in [-0.05, 0) is 6.08 Å². The summed E-state index contributed by atoms with van der Waals surface area (Å²) in [4.78, 5) is 22.5. The lowest BCUT2D eigenvalue weighted by Gasteiger charge is -2.22. The van der Waals surface area contributed by atoms with Crippen LogP contribution in [0.5, 0.6) is 0 Å². The Balaban J connectivity index is 3.13. The fraction of sp³-hybridized carbons (Fsp3) is 0.455. The maximum atomic E-state index is 11.9. The Bertz CT molecular complexity index is 393. The molecule has 1 N–H and O–H groups in total. The topological polar surface area (TPSA) is 82.1 Å². The minimum Gasteiger partial charge on any atom is -0.493 e. The molecule has 1 rings (SSSR count). The molecule has 0 spiro atoms. The molecule has 1 aliphatic carbocycles. The molecular formula is C11H14O6.